The molecule has 1 aliphatic rings. The van der Waals surface area contributed by atoms with Crippen LogP contribution < -0.4 is 4.72 Å². The largest absolute Gasteiger partial charge is 0.250 e. The van der Waals surface area contributed by atoms with Crippen LogP contribution in [0.3, 0.4) is 0 Å². The SMILES string of the molecule is O=S(=O)(NCCc1nn2c(C3CC3)nnc2s1)c1ccc(Cl)s1. The zero-order valence-corrected chi connectivity index (χ0v) is 15.0. The van der Waals surface area contributed by atoms with Gasteiger partial charge in [0.05, 0.1) is 4.34 Å². The number of rotatable bonds is 6. The van der Waals surface area contributed by atoms with Crippen molar-refractivity contribution in [3.63, 3.8) is 0 Å². The van der Waals surface area contributed by atoms with Crippen LogP contribution in [-0.2, 0) is 16.4 Å². The summed E-state index contributed by atoms with van der Waals surface area (Å²) in [5, 5.41) is 13.6. The maximum Gasteiger partial charge on any atom is 0.250 e. The molecule has 1 N–H and O–H groups in total. The molecule has 0 amide bonds. The van der Waals surface area contributed by atoms with Crippen LogP contribution in [-0.4, -0.2) is 34.8 Å². The first-order valence-electron chi connectivity index (χ1n) is 6.99. The summed E-state index contributed by atoms with van der Waals surface area (Å²) in [6.45, 7) is 0.278. The molecule has 1 fully saturated rings. The molecule has 4 rings (SSSR count). The van der Waals surface area contributed by atoms with Gasteiger partial charge < -0.3 is 0 Å². The molecule has 3 heterocycles. The molecule has 0 radical (unpaired) electrons. The zero-order chi connectivity index (χ0) is 16.0. The van der Waals surface area contributed by atoms with Crippen LogP contribution in [0.15, 0.2) is 16.3 Å². The van der Waals surface area contributed by atoms with E-state index in [4.69, 9.17) is 11.6 Å². The Bertz CT molecular complexity index is 957. The zero-order valence-electron chi connectivity index (χ0n) is 11.8. The molecule has 0 saturated heterocycles. The van der Waals surface area contributed by atoms with Crippen molar-refractivity contribution in [2.45, 2.75) is 29.4 Å². The van der Waals surface area contributed by atoms with Crippen molar-refractivity contribution in [2.75, 3.05) is 6.54 Å². The number of hydrogen-bond acceptors (Lipinski definition) is 7. The van der Waals surface area contributed by atoms with Gasteiger partial charge in [0.15, 0.2) is 5.82 Å². The molecule has 1 saturated carbocycles. The minimum atomic E-state index is -3.51. The minimum absolute atomic E-state index is 0.219. The lowest BCUT2D eigenvalue weighted by Crippen LogP contribution is -2.25. The van der Waals surface area contributed by atoms with Gasteiger partial charge in [-0.25, -0.2) is 13.1 Å². The molecule has 0 aliphatic heterocycles. The lowest BCUT2D eigenvalue weighted by molar-refractivity contribution is 0.583. The average Bonchev–Trinajstić information content (AvgIpc) is 2.91. The minimum Gasteiger partial charge on any atom is -0.210 e. The summed E-state index contributed by atoms with van der Waals surface area (Å²) in [6.07, 6.45) is 2.78. The summed E-state index contributed by atoms with van der Waals surface area (Å²) in [5.41, 5.74) is 0. The Morgan fingerprint density at radius 1 is 1.30 bits per heavy atom. The topological polar surface area (TPSA) is 89.2 Å². The fraction of sp³-hybridized carbons (Fsp3) is 0.417. The van der Waals surface area contributed by atoms with Crippen molar-refractivity contribution in [2.24, 2.45) is 0 Å². The maximum absolute atomic E-state index is 12.1. The highest BCUT2D eigenvalue weighted by atomic mass is 35.5. The number of sulfonamides is 1. The van der Waals surface area contributed by atoms with Gasteiger partial charge in [-0.1, -0.05) is 22.9 Å². The summed E-state index contributed by atoms with van der Waals surface area (Å²) >= 11 is 8.25. The highest BCUT2D eigenvalue weighted by molar-refractivity contribution is 7.91. The molecule has 0 aromatic carbocycles. The van der Waals surface area contributed by atoms with E-state index in [9.17, 15) is 8.42 Å². The Labute approximate surface area is 145 Å². The van der Waals surface area contributed by atoms with Crippen molar-refractivity contribution in [3.05, 3.63) is 27.3 Å². The summed E-state index contributed by atoms with van der Waals surface area (Å²) in [5.74, 6) is 1.39. The lowest BCUT2D eigenvalue weighted by atomic mass is 10.4. The first-order chi connectivity index (χ1) is 11.0. The fourth-order valence-electron chi connectivity index (χ4n) is 2.17. The molecule has 1 aliphatic carbocycles. The van der Waals surface area contributed by atoms with Gasteiger partial charge in [-0.3, -0.25) is 0 Å². The molecule has 11 heteroatoms. The van der Waals surface area contributed by atoms with Crippen LogP contribution in [0.25, 0.3) is 4.96 Å². The first kappa shape index (κ1) is 15.5. The van der Waals surface area contributed by atoms with Gasteiger partial charge in [0.1, 0.15) is 9.22 Å². The van der Waals surface area contributed by atoms with E-state index in [1.165, 1.54) is 17.4 Å². The Morgan fingerprint density at radius 2 is 2.13 bits per heavy atom. The number of hydrogen-bond donors (Lipinski definition) is 1. The maximum atomic E-state index is 12.1. The van der Waals surface area contributed by atoms with Crippen LogP contribution in [0.2, 0.25) is 4.34 Å². The number of halogens is 1. The van der Waals surface area contributed by atoms with E-state index in [-0.39, 0.29) is 10.8 Å². The number of nitrogens with zero attached hydrogens (tertiary/aromatic N) is 4. The third kappa shape index (κ3) is 3.13. The second-order valence-electron chi connectivity index (χ2n) is 5.23. The van der Waals surface area contributed by atoms with Crippen molar-refractivity contribution in [1.82, 2.24) is 24.5 Å². The Balaban J connectivity index is 1.43. The van der Waals surface area contributed by atoms with Crippen molar-refractivity contribution < 1.29 is 8.42 Å². The Morgan fingerprint density at radius 3 is 2.83 bits per heavy atom. The summed E-state index contributed by atoms with van der Waals surface area (Å²) in [6, 6.07) is 3.07. The van der Waals surface area contributed by atoms with E-state index in [1.54, 1.807) is 10.6 Å². The van der Waals surface area contributed by atoms with Gasteiger partial charge in [0.2, 0.25) is 15.0 Å². The van der Waals surface area contributed by atoms with E-state index in [0.717, 1.165) is 40.0 Å². The quantitative estimate of drug-likeness (QED) is 0.698. The van der Waals surface area contributed by atoms with Gasteiger partial charge in [-0.2, -0.15) is 9.61 Å². The van der Waals surface area contributed by atoms with Crippen molar-refractivity contribution >= 4 is 49.3 Å². The van der Waals surface area contributed by atoms with Gasteiger partial charge in [-0.15, -0.1) is 21.5 Å². The second-order valence-corrected chi connectivity index (χ2v) is 9.98. The number of thiophene rings is 1. The highest BCUT2D eigenvalue weighted by Crippen LogP contribution is 2.39. The number of fused-ring (bicyclic) bond motifs is 1. The van der Waals surface area contributed by atoms with Gasteiger partial charge in [0, 0.05) is 18.9 Å². The second kappa shape index (κ2) is 5.78. The third-order valence-electron chi connectivity index (χ3n) is 3.44. The standard InChI is InChI=1S/C12H12ClN5O2S3/c13-8-3-4-10(21-8)23(19,20)14-6-5-9-17-18-11(7-1-2-7)15-16-12(18)22-9/h3-4,7,14H,1-2,5-6H2. The van der Waals surface area contributed by atoms with E-state index >= 15 is 0 Å². The van der Waals surface area contributed by atoms with E-state index in [0.29, 0.717) is 16.7 Å². The Hall–Kier alpha value is -1.07. The predicted molar refractivity (Wildman–Crippen MR) is 88.9 cm³/mol. The molecule has 3 aromatic heterocycles. The van der Waals surface area contributed by atoms with E-state index in [2.05, 4.69) is 20.0 Å². The number of aromatic nitrogens is 4. The summed E-state index contributed by atoms with van der Waals surface area (Å²) < 4.78 is 29.2. The molecular weight excluding hydrogens is 378 g/mol. The smallest absolute Gasteiger partial charge is 0.210 e. The lowest BCUT2D eigenvalue weighted by Gasteiger charge is -2.02. The van der Waals surface area contributed by atoms with Gasteiger partial charge in [0.25, 0.3) is 0 Å². The van der Waals surface area contributed by atoms with Crippen LogP contribution in [0.5, 0.6) is 0 Å². The fourth-order valence-corrected chi connectivity index (χ4v) is 5.57. The predicted octanol–water partition coefficient (Wildman–Crippen LogP) is 2.30. The van der Waals surface area contributed by atoms with Crippen LogP contribution in [0.4, 0.5) is 0 Å². The molecular formula is C12H12ClN5O2S3. The molecule has 3 aromatic rings. The summed E-state index contributed by atoms with van der Waals surface area (Å²) in [4.78, 5) is 0.759. The molecule has 0 atom stereocenters. The first-order valence-corrected chi connectivity index (χ1v) is 10.5. The van der Waals surface area contributed by atoms with Crippen molar-refractivity contribution in [3.8, 4) is 0 Å². The highest BCUT2D eigenvalue weighted by Gasteiger charge is 2.30. The van der Waals surface area contributed by atoms with Gasteiger partial charge in [-0.05, 0) is 25.0 Å². The van der Waals surface area contributed by atoms with Crippen LogP contribution >= 0.6 is 34.3 Å². The van der Waals surface area contributed by atoms with Gasteiger partial charge >= 0.3 is 0 Å². The molecule has 7 nitrogen and oxygen atoms in total. The van der Waals surface area contributed by atoms with Crippen LogP contribution in [0.1, 0.15) is 29.6 Å². The molecule has 0 unspecified atom stereocenters. The van der Waals surface area contributed by atoms with Crippen molar-refractivity contribution in [1.29, 1.82) is 0 Å². The van der Waals surface area contributed by atoms with E-state index in [1.807, 2.05) is 0 Å². The average molecular weight is 390 g/mol. The normalized spacial score (nSPS) is 15.5. The molecule has 0 bridgehead atoms. The van der Waals surface area contributed by atoms with Crippen LogP contribution in [0, 0.1) is 0 Å². The monoisotopic (exact) mass is 389 g/mol. The number of nitrogens with one attached hydrogen (secondary N) is 1. The summed E-state index contributed by atoms with van der Waals surface area (Å²) in [7, 11) is -3.51. The third-order valence-corrected chi connectivity index (χ3v) is 7.59. The molecule has 23 heavy (non-hydrogen) atoms. The van der Waals surface area contributed by atoms with E-state index < -0.39 is 10.0 Å². The Kier molecular flexibility index (Phi) is 3.88. The molecule has 122 valence electrons. The molecule has 0 spiro atoms.